The van der Waals surface area contributed by atoms with Crippen molar-refractivity contribution in [3.05, 3.63) is 17.0 Å². The molecule has 19 heavy (non-hydrogen) atoms. The molecule has 0 unspecified atom stereocenters. The molecule has 1 saturated heterocycles. The molecule has 1 fully saturated rings. The van der Waals surface area contributed by atoms with E-state index in [-0.39, 0.29) is 17.8 Å². The maximum Gasteiger partial charge on any atom is 0.308 e. The zero-order valence-electron chi connectivity index (χ0n) is 11.5. The second-order valence-electron chi connectivity index (χ2n) is 4.90. The standard InChI is InChI=1S/C13H19N3O3/c1-8-11(9(2)15-14-8)12(17)16-6-4-10(5-7-16)13(18)19-3/h10H,4-7H2,1-3H3,(H,14,15). The molecule has 1 aromatic rings. The Labute approximate surface area is 112 Å². The van der Waals surface area contributed by atoms with Gasteiger partial charge in [0.1, 0.15) is 0 Å². The fourth-order valence-electron chi connectivity index (χ4n) is 2.51. The quantitative estimate of drug-likeness (QED) is 0.811. The maximum atomic E-state index is 12.4. The molecule has 1 N–H and O–H groups in total. The van der Waals surface area contributed by atoms with Gasteiger partial charge in [0, 0.05) is 18.8 Å². The summed E-state index contributed by atoms with van der Waals surface area (Å²) in [4.78, 5) is 25.6. The number of carbonyl (C=O) groups excluding carboxylic acids is 2. The third-order valence-corrected chi connectivity index (χ3v) is 3.66. The van der Waals surface area contributed by atoms with Gasteiger partial charge in [-0.05, 0) is 26.7 Å². The van der Waals surface area contributed by atoms with Crippen LogP contribution < -0.4 is 0 Å². The predicted octanol–water partition coefficient (Wildman–Crippen LogP) is 1.05. The van der Waals surface area contributed by atoms with Crippen LogP contribution in [0.2, 0.25) is 0 Å². The van der Waals surface area contributed by atoms with Crippen molar-refractivity contribution in [1.29, 1.82) is 0 Å². The molecular weight excluding hydrogens is 246 g/mol. The van der Waals surface area contributed by atoms with Gasteiger partial charge in [-0.1, -0.05) is 0 Å². The number of esters is 1. The lowest BCUT2D eigenvalue weighted by Crippen LogP contribution is -2.40. The Kier molecular flexibility index (Phi) is 3.87. The molecule has 1 aliphatic heterocycles. The van der Waals surface area contributed by atoms with Gasteiger partial charge in [0.05, 0.1) is 24.3 Å². The number of rotatable bonds is 2. The number of hydrogen-bond acceptors (Lipinski definition) is 4. The summed E-state index contributed by atoms with van der Waals surface area (Å²) in [6, 6.07) is 0. The van der Waals surface area contributed by atoms with E-state index in [1.54, 1.807) is 4.90 Å². The highest BCUT2D eigenvalue weighted by Gasteiger charge is 2.29. The normalized spacial score (nSPS) is 16.5. The number of likely N-dealkylation sites (tertiary alicyclic amines) is 1. The topological polar surface area (TPSA) is 75.3 Å². The molecule has 0 radical (unpaired) electrons. The fraction of sp³-hybridized carbons (Fsp3) is 0.615. The number of aromatic nitrogens is 2. The number of methoxy groups -OCH3 is 1. The molecule has 0 saturated carbocycles. The van der Waals surface area contributed by atoms with Gasteiger partial charge in [0.25, 0.3) is 5.91 Å². The number of piperidine rings is 1. The first kappa shape index (κ1) is 13.6. The third-order valence-electron chi connectivity index (χ3n) is 3.66. The molecule has 2 rings (SSSR count). The van der Waals surface area contributed by atoms with Crippen molar-refractivity contribution in [2.45, 2.75) is 26.7 Å². The van der Waals surface area contributed by atoms with Gasteiger partial charge in [-0.3, -0.25) is 14.7 Å². The van der Waals surface area contributed by atoms with Gasteiger partial charge >= 0.3 is 5.97 Å². The summed E-state index contributed by atoms with van der Waals surface area (Å²) in [5, 5.41) is 6.86. The van der Waals surface area contributed by atoms with Crippen LogP contribution in [0.1, 0.15) is 34.6 Å². The molecule has 0 aliphatic carbocycles. The summed E-state index contributed by atoms with van der Waals surface area (Å²) in [5.74, 6) is -0.268. The highest BCUT2D eigenvalue weighted by atomic mass is 16.5. The number of aryl methyl sites for hydroxylation is 2. The zero-order chi connectivity index (χ0) is 14.0. The van der Waals surface area contributed by atoms with Crippen LogP contribution in [-0.4, -0.2) is 47.2 Å². The van der Waals surface area contributed by atoms with Gasteiger partial charge in [-0.25, -0.2) is 0 Å². The van der Waals surface area contributed by atoms with Crippen molar-refractivity contribution in [1.82, 2.24) is 15.1 Å². The Morgan fingerprint density at radius 2 is 1.95 bits per heavy atom. The largest absolute Gasteiger partial charge is 0.469 e. The van der Waals surface area contributed by atoms with Gasteiger partial charge in [-0.2, -0.15) is 5.10 Å². The van der Waals surface area contributed by atoms with Crippen molar-refractivity contribution in [3.63, 3.8) is 0 Å². The third kappa shape index (κ3) is 2.62. The minimum atomic E-state index is -0.178. The van der Waals surface area contributed by atoms with Gasteiger partial charge < -0.3 is 9.64 Å². The monoisotopic (exact) mass is 265 g/mol. The molecule has 0 bridgehead atoms. The van der Waals surface area contributed by atoms with Crippen LogP contribution in [0.15, 0.2) is 0 Å². The van der Waals surface area contributed by atoms with Crippen LogP contribution in [0.4, 0.5) is 0 Å². The molecule has 1 aromatic heterocycles. The van der Waals surface area contributed by atoms with Crippen LogP contribution in [-0.2, 0) is 9.53 Å². The van der Waals surface area contributed by atoms with E-state index in [0.29, 0.717) is 31.5 Å². The van der Waals surface area contributed by atoms with Crippen LogP contribution in [0.25, 0.3) is 0 Å². The molecule has 0 aromatic carbocycles. The molecular formula is C13H19N3O3. The first-order valence-electron chi connectivity index (χ1n) is 6.43. The van der Waals surface area contributed by atoms with E-state index in [0.717, 1.165) is 11.4 Å². The molecule has 1 amide bonds. The van der Waals surface area contributed by atoms with Gasteiger partial charge in [0.15, 0.2) is 0 Å². The number of hydrogen-bond donors (Lipinski definition) is 1. The van der Waals surface area contributed by atoms with Crippen LogP contribution in [0.5, 0.6) is 0 Å². The average molecular weight is 265 g/mol. The lowest BCUT2D eigenvalue weighted by molar-refractivity contribution is -0.146. The lowest BCUT2D eigenvalue weighted by Gasteiger charge is -2.30. The molecule has 0 atom stereocenters. The number of H-pyrrole nitrogens is 1. The molecule has 6 nitrogen and oxygen atoms in total. The van der Waals surface area contributed by atoms with E-state index in [4.69, 9.17) is 4.74 Å². The minimum Gasteiger partial charge on any atom is -0.469 e. The highest BCUT2D eigenvalue weighted by Crippen LogP contribution is 2.21. The predicted molar refractivity (Wildman–Crippen MR) is 68.7 cm³/mol. The molecule has 0 spiro atoms. The van der Waals surface area contributed by atoms with Crippen LogP contribution in [0, 0.1) is 19.8 Å². The van der Waals surface area contributed by atoms with Crippen molar-refractivity contribution in [2.75, 3.05) is 20.2 Å². The molecule has 6 heteroatoms. The lowest BCUT2D eigenvalue weighted by atomic mass is 9.96. The zero-order valence-corrected chi connectivity index (χ0v) is 11.5. The van der Waals surface area contributed by atoms with Crippen molar-refractivity contribution < 1.29 is 14.3 Å². The summed E-state index contributed by atoms with van der Waals surface area (Å²) in [5.41, 5.74) is 2.16. The fourth-order valence-corrected chi connectivity index (χ4v) is 2.51. The van der Waals surface area contributed by atoms with Crippen LogP contribution >= 0.6 is 0 Å². The van der Waals surface area contributed by atoms with E-state index >= 15 is 0 Å². The first-order chi connectivity index (χ1) is 9.04. The average Bonchev–Trinajstić information content (AvgIpc) is 2.77. The number of nitrogens with zero attached hydrogens (tertiary/aromatic N) is 2. The van der Waals surface area contributed by atoms with Gasteiger partial charge in [0.2, 0.25) is 0 Å². The second kappa shape index (κ2) is 5.42. The summed E-state index contributed by atoms with van der Waals surface area (Å²) < 4.78 is 4.74. The first-order valence-corrected chi connectivity index (χ1v) is 6.43. The Bertz CT molecular complexity index is 468. The number of carbonyl (C=O) groups is 2. The highest BCUT2D eigenvalue weighted by molar-refractivity contribution is 5.96. The number of ether oxygens (including phenoxy) is 1. The van der Waals surface area contributed by atoms with E-state index < -0.39 is 0 Å². The Morgan fingerprint density at radius 3 is 2.42 bits per heavy atom. The molecule has 1 aliphatic rings. The van der Waals surface area contributed by atoms with E-state index in [1.807, 2.05) is 13.8 Å². The van der Waals surface area contributed by atoms with Crippen molar-refractivity contribution in [2.24, 2.45) is 5.92 Å². The summed E-state index contributed by atoms with van der Waals surface area (Å²) in [7, 11) is 1.40. The summed E-state index contributed by atoms with van der Waals surface area (Å²) >= 11 is 0. The number of amides is 1. The van der Waals surface area contributed by atoms with Crippen LogP contribution in [0.3, 0.4) is 0 Å². The maximum absolute atomic E-state index is 12.4. The number of aromatic amines is 1. The Hall–Kier alpha value is -1.85. The number of nitrogens with one attached hydrogen (secondary N) is 1. The van der Waals surface area contributed by atoms with E-state index in [1.165, 1.54) is 7.11 Å². The minimum absolute atomic E-state index is 0.00735. The van der Waals surface area contributed by atoms with Crippen molar-refractivity contribution >= 4 is 11.9 Å². The SMILES string of the molecule is COC(=O)C1CCN(C(=O)c2c(C)n[nH]c2C)CC1. The van der Waals surface area contributed by atoms with E-state index in [9.17, 15) is 9.59 Å². The molecule has 2 heterocycles. The summed E-state index contributed by atoms with van der Waals surface area (Å²) in [6.07, 6.45) is 1.32. The smallest absolute Gasteiger partial charge is 0.308 e. The van der Waals surface area contributed by atoms with E-state index in [2.05, 4.69) is 10.2 Å². The Morgan fingerprint density at radius 1 is 1.32 bits per heavy atom. The van der Waals surface area contributed by atoms with Crippen molar-refractivity contribution in [3.8, 4) is 0 Å². The van der Waals surface area contributed by atoms with Gasteiger partial charge in [-0.15, -0.1) is 0 Å². The molecule has 104 valence electrons. The Balaban J connectivity index is 2.02. The summed E-state index contributed by atoms with van der Waals surface area (Å²) in [6.45, 7) is 4.83. The second-order valence-corrected chi connectivity index (χ2v) is 4.90.